The summed E-state index contributed by atoms with van der Waals surface area (Å²) in [5, 5.41) is 0.619. The summed E-state index contributed by atoms with van der Waals surface area (Å²) in [6, 6.07) is 16.9. The zero-order valence-corrected chi connectivity index (χ0v) is 16.3. The van der Waals surface area contributed by atoms with Crippen molar-refractivity contribution in [1.29, 1.82) is 0 Å². The SMILES string of the molecule is O=C1/C(=C\C(Br)=C\c2ccccc2)SC(=S)N1c1ccc(Cl)cc1. The standard InChI is InChI=1S/C18H11BrClNOS2/c19-13(10-12-4-2-1-3-5-12)11-16-17(22)21(18(23)24-16)15-8-6-14(20)7-9-15/h1-11H/b13-10-,16-11+. The number of thiocarbonyl (C=S) groups is 1. The number of hydrogen-bond donors (Lipinski definition) is 0. The number of thioether (sulfide) groups is 1. The van der Waals surface area contributed by atoms with Crippen LogP contribution in [-0.4, -0.2) is 10.2 Å². The van der Waals surface area contributed by atoms with E-state index in [1.807, 2.05) is 36.4 Å². The van der Waals surface area contributed by atoms with Gasteiger partial charge in [0.05, 0.1) is 10.6 Å². The van der Waals surface area contributed by atoms with Crippen LogP contribution in [0.3, 0.4) is 0 Å². The van der Waals surface area contributed by atoms with E-state index >= 15 is 0 Å². The molecule has 1 fully saturated rings. The fraction of sp³-hybridized carbons (Fsp3) is 0. The first-order valence-electron chi connectivity index (χ1n) is 7.00. The van der Waals surface area contributed by atoms with E-state index in [9.17, 15) is 4.79 Å². The number of halogens is 2. The number of anilines is 1. The fourth-order valence-corrected chi connectivity index (χ4v) is 4.22. The lowest BCUT2D eigenvalue weighted by atomic mass is 10.2. The normalized spacial score (nSPS) is 17.0. The van der Waals surface area contributed by atoms with Gasteiger partial charge in [-0.15, -0.1) is 0 Å². The van der Waals surface area contributed by atoms with Gasteiger partial charge in [-0.05, 0) is 42.0 Å². The lowest BCUT2D eigenvalue weighted by molar-refractivity contribution is -0.113. The van der Waals surface area contributed by atoms with Crippen molar-refractivity contribution in [1.82, 2.24) is 0 Å². The van der Waals surface area contributed by atoms with E-state index < -0.39 is 0 Å². The van der Waals surface area contributed by atoms with Crippen molar-refractivity contribution in [2.24, 2.45) is 0 Å². The van der Waals surface area contributed by atoms with Crippen molar-refractivity contribution in [3.63, 3.8) is 0 Å². The van der Waals surface area contributed by atoms with E-state index in [1.165, 1.54) is 16.7 Å². The first-order chi connectivity index (χ1) is 11.5. The summed E-state index contributed by atoms with van der Waals surface area (Å²) >= 11 is 16.0. The van der Waals surface area contributed by atoms with E-state index in [0.29, 0.717) is 19.9 Å². The van der Waals surface area contributed by atoms with Gasteiger partial charge in [0.25, 0.3) is 5.91 Å². The Morgan fingerprint density at radius 3 is 2.46 bits per heavy atom. The van der Waals surface area contributed by atoms with Crippen LogP contribution in [0.15, 0.2) is 70.1 Å². The zero-order valence-electron chi connectivity index (χ0n) is 12.3. The first kappa shape index (κ1) is 17.4. The van der Waals surface area contributed by atoms with Gasteiger partial charge in [0.1, 0.15) is 0 Å². The minimum absolute atomic E-state index is 0.134. The molecule has 0 atom stereocenters. The molecule has 1 amide bonds. The second-order valence-corrected chi connectivity index (χ2v) is 7.96. The molecular weight excluding hydrogens is 426 g/mol. The number of allylic oxidation sites excluding steroid dienone is 2. The average molecular weight is 437 g/mol. The average Bonchev–Trinajstić information content (AvgIpc) is 2.83. The molecule has 0 radical (unpaired) electrons. The molecule has 120 valence electrons. The number of benzene rings is 2. The van der Waals surface area contributed by atoms with Crippen LogP contribution in [0.5, 0.6) is 0 Å². The Labute approximate surface area is 163 Å². The largest absolute Gasteiger partial charge is 0.270 e. The lowest BCUT2D eigenvalue weighted by Crippen LogP contribution is -2.27. The van der Waals surface area contributed by atoms with E-state index in [2.05, 4.69) is 15.9 Å². The molecule has 0 unspecified atom stereocenters. The van der Waals surface area contributed by atoms with E-state index in [0.717, 1.165) is 10.0 Å². The maximum absolute atomic E-state index is 12.7. The monoisotopic (exact) mass is 435 g/mol. The topological polar surface area (TPSA) is 20.3 Å². The Morgan fingerprint density at radius 2 is 1.79 bits per heavy atom. The van der Waals surface area contributed by atoms with Crippen molar-refractivity contribution in [3.8, 4) is 0 Å². The smallest absolute Gasteiger partial charge is 0.268 e. The van der Waals surface area contributed by atoms with Crippen LogP contribution in [0.25, 0.3) is 6.08 Å². The Morgan fingerprint density at radius 1 is 1.12 bits per heavy atom. The molecule has 0 aliphatic carbocycles. The molecule has 0 bridgehead atoms. The van der Waals surface area contributed by atoms with Gasteiger partial charge in [-0.1, -0.05) is 81.8 Å². The third-order valence-electron chi connectivity index (χ3n) is 3.25. The number of carbonyl (C=O) groups is 1. The van der Waals surface area contributed by atoms with Gasteiger partial charge in [-0.25, -0.2) is 0 Å². The van der Waals surface area contributed by atoms with Gasteiger partial charge < -0.3 is 0 Å². The van der Waals surface area contributed by atoms with Gasteiger partial charge in [-0.2, -0.15) is 0 Å². The zero-order chi connectivity index (χ0) is 17.1. The quantitative estimate of drug-likeness (QED) is 0.433. The minimum Gasteiger partial charge on any atom is -0.268 e. The maximum atomic E-state index is 12.7. The highest BCUT2D eigenvalue weighted by atomic mass is 79.9. The molecule has 6 heteroatoms. The third kappa shape index (κ3) is 3.98. The van der Waals surface area contributed by atoms with Gasteiger partial charge >= 0.3 is 0 Å². The van der Waals surface area contributed by atoms with E-state index in [-0.39, 0.29) is 5.91 Å². The summed E-state index contributed by atoms with van der Waals surface area (Å²) in [5.74, 6) is -0.134. The molecule has 24 heavy (non-hydrogen) atoms. The number of rotatable bonds is 3. The Hall–Kier alpha value is -1.40. The van der Waals surface area contributed by atoms with Crippen molar-refractivity contribution >= 4 is 73.5 Å². The summed E-state index contributed by atoms with van der Waals surface area (Å²) in [4.78, 5) is 14.8. The van der Waals surface area contributed by atoms with Crippen LogP contribution in [0.1, 0.15) is 5.56 Å². The Bertz CT molecular complexity index is 847. The Balaban J connectivity index is 1.85. The van der Waals surface area contributed by atoms with Crippen LogP contribution in [0, 0.1) is 0 Å². The summed E-state index contributed by atoms with van der Waals surface area (Å²) in [6.07, 6.45) is 3.75. The van der Waals surface area contributed by atoms with E-state index in [4.69, 9.17) is 23.8 Å². The first-order valence-corrected chi connectivity index (χ1v) is 9.40. The highest BCUT2D eigenvalue weighted by molar-refractivity contribution is 9.12. The maximum Gasteiger partial charge on any atom is 0.270 e. The molecule has 2 nitrogen and oxygen atoms in total. The predicted molar refractivity (Wildman–Crippen MR) is 111 cm³/mol. The molecule has 1 aliphatic rings. The molecule has 1 saturated heterocycles. The summed E-state index contributed by atoms with van der Waals surface area (Å²) in [6.45, 7) is 0. The molecule has 1 aliphatic heterocycles. The molecule has 2 aromatic carbocycles. The lowest BCUT2D eigenvalue weighted by Gasteiger charge is -2.14. The van der Waals surface area contributed by atoms with Gasteiger partial charge in [0, 0.05) is 9.51 Å². The van der Waals surface area contributed by atoms with Crippen LogP contribution < -0.4 is 4.90 Å². The number of hydrogen-bond acceptors (Lipinski definition) is 3. The number of amides is 1. The van der Waals surface area contributed by atoms with Crippen molar-refractivity contribution < 1.29 is 4.79 Å². The predicted octanol–water partition coefficient (Wildman–Crippen LogP) is 6.02. The highest BCUT2D eigenvalue weighted by Crippen LogP contribution is 2.36. The minimum atomic E-state index is -0.134. The molecule has 0 spiro atoms. The van der Waals surface area contributed by atoms with Crippen molar-refractivity contribution in [2.75, 3.05) is 4.90 Å². The van der Waals surface area contributed by atoms with Gasteiger partial charge in [0.2, 0.25) is 0 Å². The second-order valence-electron chi connectivity index (χ2n) is 4.93. The number of nitrogens with zero attached hydrogens (tertiary/aromatic N) is 1. The molecule has 1 heterocycles. The molecule has 0 aromatic heterocycles. The van der Waals surface area contributed by atoms with Gasteiger partial charge in [0.15, 0.2) is 4.32 Å². The van der Waals surface area contributed by atoms with Crippen molar-refractivity contribution in [2.45, 2.75) is 0 Å². The Kier molecular flexibility index (Phi) is 5.56. The third-order valence-corrected chi connectivity index (χ3v) is 5.26. The van der Waals surface area contributed by atoms with Crippen LogP contribution >= 0.6 is 51.5 Å². The molecule has 0 N–H and O–H groups in total. The van der Waals surface area contributed by atoms with Gasteiger partial charge in [-0.3, -0.25) is 9.69 Å². The van der Waals surface area contributed by atoms with Crippen molar-refractivity contribution in [3.05, 3.63) is 80.6 Å². The summed E-state index contributed by atoms with van der Waals surface area (Å²) in [5.41, 5.74) is 1.77. The molecule has 0 saturated carbocycles. The number of carbonyl (C=O) groups excluding carboxylic acids is 1. The van der Waals surface area contributed by atoms with Crippen LogP contribution in [-0.2, 0) is 4.79 Å². The fourth-order valence-electron chi connectivity index (χ4n) is 2.16. The summed E-state index contributed by atoms with van der Waals surface area (Å²) in [7, 11) is 0. The van der Waals surface area contributed by atoms with Crippen LogP contribution in [0.4, 0.5) is 5.69 Å². The molecular formula is C18H11BrClNOS2. The molecule has 3 rings (SSSR count). The van der Waals surface area contributed by atoms with Crippen LogP contribution in [0.2, 0.25) is 5.02 Å². The van der Waals surface area contributed by atoms with E-state index in [1.54, 1.807) is 30.3 Å². The highest BCUT2D eigenvalue weighted by Gasteiger charge is 2.33. The molecule has 2 aromatic rings. The summed E-state index contributed by atoms with van der Waals surface area (Å²) < 4.78 is 1.32. The second kappa shape index (κ2) is 7.66.